The van der Waals surface area contributed by atoms with Crippen LogP contribution in [0.2, 0.25) is 0 Å². The van der Waals surface area contributed by atoms with Crippen LogP contribution in [0.25, 0.3) is 22.1 Å². The highest BCUT2D eigenvalue weighted by Crippen LogP contribution is 2.37. The molecule has 22 heavy (non-hydrogen) atoms. The summed E-state index contributed by atoms with van der Waals surface area (Å²) in [7, 11) is 0. The monoisotopic (exact) mass is 304 g/mol. The number of nitrogens with one attached hydrogen (secondary N) is 1. The van der Waals surface area contributed by atoms with E-state index in [9.17, 15) is 13.2 Å². The third-order valence-electron chi connectivity index (χ3n) is 3.35. The van der Waals surface area contributed by atoms with Crippen molar-refractivity contribution in [2.75, 3.05) is 5.73 Å². The highest BCUT2D eigenvalue weighted by atomic mass is 19.4. The molecule has 0 bridgehead atoms. The van der Waals surface area contributed by atoms with Gasteiger partial charge in [-0.2, -0.15) is 13.2 Å². The van der Waals surface area contributed by atoms with Crippen LogP contribution in [0, 0.1) is 5.41 Å². The van der Waals surface area contributed by atoms with Gasteiger partial charge in [0, 0.05) is 5.69 Å². The van der Waals surface area contributed by atoms with Crippen molar-refractivity contribution in [3.63, 3.8) is 0 Å². The first-order chi connectivity index (χ1) is 10.4. The Balaban J connectivity index is 2.42. The summed E-state index contributed by atoms with van der Waals surface area (Å²) in [6, 6.07) is 10.4. The maximum Gasteiger partial charge on any atom is 0.420 e. The Morgan fingerprint density at radius 2 is 1.82 bits per heavy atom. The minimum Gasteiger partial charge on any atom is -0.464 e. The fourth-order valence-electron chi connectivity index (χ4n) is 2.40. The van der Waals surface area contributed by atoms with E-state index >= 15 is 0 Å². The van der Waals surface area contributed by atoms with Crippen LogP contribution in [-0.4, -0.2) is 0 Å². The molecule has 3 rings (SSSR count). The average molecular weight is 304 g/mol. The van der Waals surface area contributed by atoms with Gasteiger partial charge < -0.3 is 10.2 Å². The summed E-state index contributed by atoms with van der Waals surface area (Å²) >= 11 is 0. The first-order valence-corrected chi connectivity index (χ1v) is 6.40. The molecule has 6 heteroatoms. The molecule has 0 aliphatic heterocycles. The van der Waals surface area contributed by atoms with Crippen LogP contribution in [0.1, 0.15) is 5.56 Å². The quantitative estimate of drug-likeness (QED) is 0.662. The lowest BCUT2D eigenvalue weighted by molar-refractivity contribution is -0.136. The van der Waals surface area contributed by atoms with Gasteiger partial charge in [0.05, 0.1) is 22.6 Å². The number of fused-ring (bicyclic) bond motifs is 1. The number of halogens is 3. The lowest BCUT2D eigenvalue weighted by Crippen LogP contribution is -2.09. The van der Waals surface area contributed by atoms with Gasteiger partial charge in [-0.25, -0.2) is 0 Å². The van der Waals surface area contributed by atoms with Gasteiger partial charge in [-0.3, -0.25) is 5.41 Å². The van der Waals surface area contributed by atoms with Crippen LogP contribution in [0.4, 0.5) is 18.9 Å². The van der Waals surface area contributed by atoms with Crippen LogP contribution < -0.4 is 11.1 Å². The van der Waals surface area contributed by atoms with Gasteiger partial charge in [0.2, 0.25) is 0 Å². The number of hydrogen-bond acceptors (Lipinski definition) is 3. The van der Waals surface area contributed by atoms with Crippen molar-refractivity contribution in [2.45, 2.75) is 6.18 Å². The van der Waals surface area contributed by atoms with Crippen molar-refractivity contribution in [1.82, 2.24) is 0 Å². The Morgan fingerprint density at radius 3 is 2.50 bits per heavy atom. The zero-order valence-electron chi connectivity index (χ0n) is 11.2. The summed E-state index contributed by atoms with van der Waals surface area (Å²) < 4.78 is 44.4. The number of nitrogen functional groups attached to an aromatic ring is 1. The molecule has 2 aromatic carbocycles. The van der Waals surface area contributed by atoms with Crippen molar-refractivity contribution < 1.29 is 17.6 Å². The number of hydrogen-bond donors (Lipinski definition) is 2. The highest BCUT2D eigenvalue weighted by Gasteiger charge is 2.34. The van der Waals surface area contributed by atoms with E-state index in [0.717, 1.165) is 12.3 Å². The van der Waals surface area contributed by atoms with E-state index in [1.807, 2.05) is 0 Å². The first kappa shape index (κ1) is 14.2. The molecule has 0 aliphatic carbocycles. The Morgan fingerprint density at radius 1 is 1.05 bits per heavy atom. The second kappa shape index (κ2) is 4.91. The van der Waals surface area contributed by atoms with Gasteiger partial charge >= 0.3 is 6.18 Å². The number of alkyl halides is 3. The number of benzene rings is 2. The standard InChI is InChI=1S/C16H11F3N2O/c17-16(18,19)12-5-4-11(9-2-1-3-10(20)8-9)14-13(21)6-7-22-15(12)14/h1-8,21H,20H2. The minimum atomic E-state index is -4.55. The van der Waals surface area contributed by atoms with Crippen molar-refractivity contribution in [2.24, 2.45) is 0 Å². The second-order valence-electron chi connectivity index (χ2n) is 4.82. The van der Waals surface area contributed by atoms with Crippen molar-refractivity contribution in [3.05, 3.63) is 59.6 Å². The zero-order valence-corrected chi connectivity index (χ0v) is 11.2. The van der Waals surface area contributed by atoms with Gasteiger partial charge in [0.25, 0.3) is 0 Å². The molecular weight excluding hydrogens is 293 g/mol. The molecule has 3 nitrogen and oxygen atoms in total. The van der Waals surface area contributed by atoms with E-state index in [4.69, 9.17) is 15.6 Å². The van der Waals surface area contributed by atoms with E-state index in [-0.39, 0.29) is 16.3 Å². The Labute approximate surface area is 123 Å². The molecule has 3 aromatic rings. The molecule has 0 unspecified atom stereocenters. The van der Waals surface area contributed by atoms with E-state index in [0.29, 0.717) is 16.8 Å². The zero-order chi connectivity index (χ0) is 15.9. The number of rotatable bonds is 1. The van der Waals surface area contributed by atoms with E-state index in [1.165, 1.54) is 12.1 Å². The molecule has 1 heterocycles. The lowest BCUT2D eigenvalue weighted by atomic mass is 9.97. The molecule has 0 saturated heterocycles. The third kappa shape index (κ3) is 2.32. The summed E-state index contributed by atoms with van der Waals surface area (Å²) in [6.07, 6.45) is -3.47. The Bertz CT molecular complexity index is 913. The largest absolute Gasteiger partial charge is 0.464 e. The molecule has 112 valence electrons. The topological polar surface area (TPSA) is 63.0 Å². The maximum atomic E-state index is 13.1. The molecular formula is C16H11F3N2O. The Hall–Kier alpha value is -2.76. The van der Waals surface area contributed by atoms with Crippen LogP contribution in [0.5, 0.6) is 0 Å². The highest BCUT2D eigenvalue weighted by molar-refractivity contribution is 5.95. The smallest absolute Gasteiger partial charge is 0.420 e. The molecule has 0 radical (unpaired) electrons. The average Bonchev–Trinajstić information content (AvgIpc) is 2.45. The van der Waals surface area contributed by atoms with Crippen LogP contribution in [0.3, 0.4) is 0 Å². The SMILES string of the molecule is N=c1ccoc2c(C(F)(F)F)ccc(-c3cccc(N)c3)c12. The second-order valence-corrected chi connectivity index (χ2v) is 4.82. The summed E-state index contributed by atoms with van der Waals surface area (Å²) in [5, 5.41) is 8.03. The van der Waals surface area contributed by atoms with Gasteiger partial charge in [-0.1, -0.05) is 18.2 Å². The molecule has 1 aromatic heterocycles. The molecule has 0 fully saturated rings. The van der Waals surface area contributed by atoms with E-state index in [2.05, 4.69) is 0 Å². The van der Waals surface area contributed by atoms with Crippen LogP contribution in [0.15, 0.2) is 53.1 Å². The number of anilines is 1. The molecule has 0 atom stereocenters. The van der Waals surface area contributed by atoms with Gasteiger partial charge in [0.1, 0.15) is 5.58 Å². The maximum absolute atomic E-state index is 13.1. The lowest BCUT2D eigenvalue weighted by Gasteiger charge is -2.13. The minimum absolute atomic E-state index is 0.0372. The Kier molecular flexibility index (Phi) is 3.16. The van der Waals surface area contributed by atoms with Crippen LogP contribution >= 0.6 is 0 Å². The first-order valence-electron chi connectivity index (χ1n) is 6.40. The normalized spacial score (nSPS) is 11.8. The van der Waals surface area contributed by atoms with Crippen LogP contribution in [-0.2, 0) is 6.18 Å². The molecule has 0 amide bonds. The van der Waals surface area contributed by atoms with Crippen molar-refractivity contribution >= 4 is 16.7 Å². The summed E-state index contributed by atoms with van der Waals surface area (Å²) in [4.78, 5) is 0. The molecule has 0 saturated carbocycles. The van der Waals surface area contributed by atoms with Gasteiger partial charge in [0.15, 0.2) is 0 Å². The third-order valence-corrected chi connectivity index (χ3v) is 3.35. The molecule has 0 aliphatic rings. The predicted octanol–water partition coefficient (Wildman–Crippen LogP) is 4.18. The molecule has 0 spiro atoms. The fourth-order valence-corrected chi connectivity index (χ4v) is 2.40. The number of nitrogens with two attached hydrogens (primary N) is 1. The predicted molar refractivity (Wildman–Crippen MR) is 76.9 cm³/mol. The van der Waals surface area contributed by atoms with Gasteiger partial charge in [-0.05, 0) is 35.4 Å². The van der Waals surface area contributed by atoms with Crippen molar-refractivity contribution in [1.29, 1.82) is 5.41 Å². The fraction of sp³-hybridized carbons (Fsp3) is 0.0625. The van der Waals surface area contributed by atoms with Gasteiger partial charge in [-0.15, -0.1) is 0 Å². The summed E-state index contributed by atoms with van der Waals surface area (Å²) in [5.74, 6) is 0. The van der Waals surface area contributed by atoms with Crippen molar-refractivity contribution in [3.8, 4) is 11.1 Å². The summed E-state index contributed by atoms with van der Waals surface area (Å²) in [6.45, 7) is 0. The molecule has 3 N–H and O–H groups in total. The summed E-state index contributed by atoms with van der Waals surface area (Å²) in [5.41, 5.74) is 6.08. The van der Waals surface area contributed by atoms with E-state index in [1.54, 1.807) is 24.3 Å². The van der Waals surface area contributed by atoms with E-state index < -0.39 is 11.7 Å².